The van der Waals surface area contributed by atoms with Gasteiger partial charge in [0.25, 0.3) is 0 Å². The van der Waals surface area contributed by atoms with E-state index in [9.17, 15) is 0 Å². The van der Waals surface area contributed by atoms with Gasteiger partial charge < -0.3 is 17.0 Å². The molecule has 0 amide bonds. The van der Waals surface area contributed by atoms with Crippen LogP contribution in [0.4, 0.5) is 0 Å². The summed E-state index contributed by atoms with van der Waals surface area (Å²) in [6.45, 7) is 5.50. The predicted octanol–water partition coefficient (Wildman–Crippen LogP) is 1.48. The van der Waals surface area contributed by atoms with Crippen LogP contribution in [0.1, 0.15) is 13.3 Å². The van der Waals surface area contributed by atoms with Crippen molar-refractivity contribution in [2.75, 3.05) is 0 Å². The molecule has 0 aliphatic heterocycles. The molecule has 41 valence electrons. The molecule has 0 spiro atoms. The first-order chi connectivity index (χ1) is 2.83. The maximum atomic E-state index is 8.00. The van der Waals surface area contributed by atoms with E-state index in [0.717, 1.165) is 11.8 Å². The molecule has 0 saturated carbocycles. The predicted molar refractivity (Wildman–Crippen MR) is 24.8 cm³/mol. The molecule has 0 unspecified atom stereocenters. The Morgan fingerprint density at radius 3 is 1.86 bits per heavy atom. The SMILES string of the molecule is O=N[O-].[CH2-]CC.[Y]. The average Bonchev–Trinajstić information content (AvgIpc) is 1.39. The molecule has 0 aliphatic carbocycles. The van der Waals surface area contributed by atoms with E-state index in [1.807, 2.05) is 6.92 Å². The molecule has 0 atom stereocenters. The molecule has 0 aromatic carbocycles. The van der Waals surface area contributed by atoms with E-state index in [4.69, 9.17) is 10.1 Å². The summed E-state index contributed by atoms with van der Waals surface area (Å²) in [7, 11) is 0. The van der Waals surface area contributed by atoms with Gasteiger partial charge in [-0.05, 0) is 0 Å². The van der Waals surface area contributed by atoms with Gasteiger partial charge in [0.2, 0.25) is 0 Å². The van der Waals surface area contributed by atoms with Crippen molar-refractivity contribution in [3.05, 3.63) is 17.0 Å². The molecule has 0 heterocycles. The van der Waals surface area contributed by atoms with Crippen LogP contribution in [0, 0.1) is 17.0 Å². The summed E-state index contributed by atoms with van der Waals surface area (Å²) >= 11 is 0. The van der Waals surface area contributed by atoms with E-state index in [0.29, 0.717) is 0 Å². The third-order valence-electron chi connectivity index (χ3n) is 0. The summed E-state index contributed by atoms with van der Waals surface area (Å²) in [5.74, 6) is 0. The van der Waals surface area contributed by atoms with Gasteiger partial charge in [-0.15, -0.1) is 5.34 Å². The van der Waals surface area contributed by atoms with Crippen molar-refractivity contribution in [2.45, 2.75) is 13.3 Å². The molecular weight excluding hydrogens is 171 g/mol. The fraction of sp³-hybridized carbons (Fsp3) is 0.667. The molecule has 3 nitrogen and oxygen atoms in total. The first kappa shape index (κ1) is 15.6. The summed E-state index contributed by atoms with van der Waals surface area (Å²) < 4.78 is 0. The van der Waals surface area contributed by atoms with Crippen molar-refractivity contribution >= 4 is 0 Å². The molecule has 0 rings (SSSR count). The topological polar surface area (TPSA) is 52.5 Å². The zero-order valence-electron chi connectivity index (χ0n) is 4.26. The number of hydrogen-bond acceptors (Lipinski definition) is 3. The van der Waals surface area contributed by atoms with Gasteiger partial charge in [0.1, 0.15) is 0 Å². The largest absolute Gasteiger partial charge is 0.444 e. The second kappa shape index (κ2) is 31.4. The van der Waals surface area contributed by atoms with Crippen molar-refractivity contribution in [3.63, 3.8) is 0 Å². The van der Waals surface area contributed by atoms with Gasteiger partial charge in [0.05, 0.1) is 0 Å². The van der Waals surface area contributed by atoms with E-state index in [1.54, 1.807) is 0 Å². The van der Waals surface area contributed by atoms with Crippen LogP contribution in [0.3, 0.4) is 0 Å². The average molecular weight is 178 g/mol. The van der Waals surface area contributed by atoms with Gasteiger partial charge in [-0.1, -0.05) is 6.92 Å². The van der Waals surface area contributed by atoms with Crippen LogP contribution in [0.25, 0.3) is 0 Å². The van der Waals surface area contributed by atoms with Crippen LogP contribution in [0.5, 0.6) is 0 Å². The van der Waals surface area contributed by atoms with Crippen molar-refractivity contribution < 1.29 is 32.7 Å². The van der Waals surface area contributed by atoms with Gasteiger partial charge in [-0.25, -0.2) is 0 Å². The molecule has 0 bridgehead atoms. The van der Waals surface area contributed by atoms with Gasteiger partial charge in [0, 0.05) is 32.7 Å². The Bertz CT molecular complexity index is 26.9. The quantitative estimate of drug-likeness (QED) is 0.320. The molecule has 0 aliphatic rings. The van der Waals surface area contributed by atoms with E-state index in [1.165, 1.54) is 0 Å². The monoisotopic (exact) mass is 178 g/mol. The molecule has 0 aromatic heterocycles. The standard InChI is InChI=1S/C3H7.HNO2.Y/c1-3-2;2-1-3;/h1,3H2,2H3;(H,2,3);/q-1;;/p-1. The van der Waals surface area contributed by atoms with Crippen LogP contribution in [0.15, 0.2) is 5.34 Å². The molecule has 0 saturated heterocycles. The molecule has 0 N–H and O–H groups in total. The summed E-state index contributed by atoms with van der Waals surface area (Å²) in [6, 6.07) is 0. The number of hydrogen-bond donors (Lipinski definition) is 0. The van der Waals surface area contributed by atoms with Gasteiger partial charge in [-0.3, -0.25) is 0 Å². The molecule has 4 heteroatoms. The second-order valence-corrected chi connectivity index (χ2v) is 0.575. The Kier molecular flexibility index (Phi) is 70.2. The minimum absolute atomic E-state index is 0. The van der Waals surface area contributed by atoms with Gasteiger partial charge in [0.15, 0.2) is 0 Å². The van der Waals surface area contributed by atoms with Crippen molar-refractivity contribution in [2.24, 2.45) is 5.34 Å². The summed E-state index contributed by atoms with van der Waals surface area (Å²) in [5, 5.41) is 9.00. The third-order valence-corrected chi connectivity index (χ3v) is 0. The van der Waals surface area contributed by atoms with Gasteiger partial charge >= 0.3 is 0 Å². The normalized spacial score (nSPS) is 4.29. The Balaban J connectivity index is -0.0000000400. The molecular formula is C3H7NO2Y-2. The van der Waals surface area contributed by atoms with Crippen LogP contribution >= 0.6 is 0 Å². The third kappa shape index (κ3) is 520. The van der Waals surface area contributed by atoms with Crippen LogP contribution < -0.4 is 0 Å². The Hall–Kier alpha value is 0.504. The van der Waals surface area contributed by atoms with Crippen LogP contribution in [-0.4, -0.2) is 0 Å². The Morgan fingerprint density at radius 1 is 1.86 bits per heavy atom. The van der Waals surface area contributed by atoms with Crippen molar-refractivity contribution in [1.82, 2.24) is 0 Å². The van der Waals surface area contributed by atoms with E-state index in [-0.39, 0.29) is 32.7 Å². The molecule has 7 heavy (non-hydrogen) atoms. The zero-order chi connectivity index (χ0) is 5.41. The smallest absolute Gasteiger partial charge is 0 e. The first-order valence-electron chi connectivity index (χ1n) is 1.57. The number of nitrogens with zero attached hydrogens (tertiary/aromatic N) is 1. The number of rotatable bonds is 0. The minimum atomic E-state index is 0. The van der Waals surface area contributed by atoms with E-state index < -0.39 is 0 Å². The molecule has 0 fully saturated rings. The van der Waals surface area contributed by atoms with Crippen molar-refractivity contribution in [3.8, 4) is 0 Å². The molecule has 0 aromatic rings. The molecule has 1 radical (unpaired) electrons. The summed E-state index contributed by atoms with van der Waals surface area (Å²) in [5.41, 5.74) is 0. The van der Waals surface area contributed by atoms with E-state index >= 15 is 0 Å². The van der Waals surface area contributed by atoms with Crippen LogP contribution in [0.2, 0.25) is 0 Å². The van der Waals surface area contributed by atoms with Crippen molar-refractivity contribution in [1.29, 1.82) is 0 Å². The summed E-state index contributed by atoms with van der Waals surface area (Å²) in [4.78, 5) is 8.00. The van der Waals surface area contributed by atoms with E-state index in [2.05, 4.69) is 6.92 Å². The first-order valence-corrected chi connectivity index (χ1v) is 1.57. The Morgan fingerprint density at radius 2 is 1.86 bits per heavy atom. The minimum Gasteiger partial charge on any atom is -0.444 e. The maximum absolute atomic E-state index is 8.00. The zero-order valence-corrected chi connectivity index (χ0v) is 7.09. The second-order valence-electron chi connectivity index (χ2n) is 0.575. The maximum Gasteiger partial charge on any atom is 0 e. The Labute approximate surface area is 68.3 Å². The fourth-order valence-electron chi connectivity index (χ4n) is 0. The summed E-state index contributed by atoms with van der Waals surface area (Å²) in [6.07, 6.45) is 1.00. The fourth-order valence-corrected chi connectivity index (χ4v) is 0. The van der Waals surface area contributed by atoms with Gasteiger partial charge in [-0.2, -0.15) is 6.42 Å². The van der Waals surface area contributed by atoms with Crippen LogP contribution in [-0.2, 0) is 32.7 Å².